The van der Waals surface area contributed by atoms with Crippen LogP contribution >= 0.6 is 23.2 Å². The molecule has 0 saturated carbocycles. The Morgan fingerprint density at radius 3 is 2.46 bits per heavy atom. The third kappa shape index (κ3) is 3.52. The van der Waals surface area contributed by atoms with E-state index in [1.807, 2.05) is 24.4 Å². The molecule has 0 aliphatic rings. The van der Waals surface area contributed by atoms with Gasteiger partial charge in [0.2, 0.25) is 0 Å². The minimum atomic E-state index is 0.543. The van der Waals surface area contributed by atoms with Gasteiger partial charge in [-0.15, -0.1) is 0 Å². The molecule has 4 aromatic rings. The van der Waals surface area contributed by atoms with Gasteiger partial charge in [-0.3, -0.25) is 4.99 Å². The summed E-state index contributed by atoms with van der Waals surface area (Å²) in [5.41, 5.74) is 4.20. The molecular weight excluding hydrogens is 363 g/mol. The Morgan fingerprint density at radius 1 is 0.885 bits per heavy atom. The Morgan fingerprint density at radius 2 is 1.65 bits per heavy atom. The van der Waals surface area contributed by atoms with E-state index >= 15 is 0 Å². The number of fused-ring (bicyclic) bond motifs is 1. The SMILES string of the molecule is Clc1ccc(N=Cc2cn(Cc3ccccc3)c3ccccc23)c(Cl)c1. The standard InChI is InChI=1S/C22H16Cl2N2/c23-18-10-11-21(20(24)12-18)25-13-17-15-26(14-16-6-2-1-3-7-16)22-9-5-4-8-19(17)22/h1-13,15H,14H2. The van der Waals surface area contributed by atoms with Crippen LogP contribution in [0.25, 0.3) is 10.9 Å². The monoisotopic (exact) mass is 378 g/mol. The van der Waals surface area contributed by atoms with Crippen molar-refractivity contribution < 1.29 is 0 Å². The second-order valence-electron chi connectivity index (χ2n) is 6.07. The number of para-hydroxylation sites is 1. The van der Waals surface area contributed by atoms with Gasteiger partial charge in [-0.1, -0.05) is 71.7 Å². The van der Waals surface area contributed by atoms with Gasteiger partial charge < -0.3 is 4.57 Å². The van der Waals surface area contributed by atoms with Crippen LogP contribution < -0.4 is 0 Å². The van der Waals surface area contributed by atoms with Gasteiger partial charge in [0.1, 0.15) is 0 Å². The van der Waals surface area contributed by atoms with Gasteiger partial charge in [-0.05, 0) is 29.8 Å². The van der Waals surface area contributed by atoms with Crippen LogP contribution in [0.4, 0.5) is 5.69 Å². The lowest BCUT2D eigenvalue weighted by molar-refractivity contribution is 0.836. The number of aliphatic imine (C=N–C) groups is 1. The first kappa shape index (κ1) is 16.9. The van der Waals surface area contributed by atoms with Crippen LogP contribution in [-0.4, -0.2) is 10.8 Å². The number of hydrogen-bond acceptors (Lipinski definition) is 1. The number of rotatable bonds is 4. The van der Waals surface area contributed by atoms with Crippen molar-refractivity contribution in [2.45, 2.75) is 6.54 Å². The summed E-state index contributed by atoms with van der Waals surface area (Å²) in [6.45, 7) is 0.816. The van der Waals surface area contributed by atoms with Gasteiger partial charge in [-0.25, -0.2) is 0 Å². The summed E-state index contributed by atoms with van der Waals surface area (Å²) in [6, 6.07) is 24.1. The van der Waals surface area contributed by atoms with Gasteiger partial charge in [0, 0.05) is 40.4 Å². The molecule has 0 radical (unpaired) electrons. The fourth-order valence-electron chi connectivity index (χ4n) is 3.01. The van der Waals surface area contributed by atoms with Crippen LogP contribution in [0, 0.1) is 0 Å². The lowest BCUT2D eigenvalue weighted by Crippen LogP contribution is -1.97. The predicted octanol–water partition coefficient (Wildman–Crippen LogP) is 6.75. The molecule has 0 N–H and O–H groups in total. The quantitative estimate of drug-likeness (QED) is 0.349. The van der Waals surface area contributed by atoms with Gasteiger partial charge in [0.05, 0.1) is 10.7 Å². The Hall–Kier alpha value is -2.55. The third-order valence-electron chi connectivity index (χ3n) is 4.27. The molecule has 3 aromatic carbocycles. The minimum absolute atomic E-state index is 0.543. The predicted molar refractivity (Wildman–Crippen MR) is 111 cm³/mol. The molecule has 0 fully saturated rings. The Bertz CT molecular complexity index is 1080. The summed E-state index contributed by atoms with van der Waals surface area (Å²) >= 11 is 12.2. The molecule has 0 aliphatic heterocycles. The van der Waals surface area contributed by atoms with Crippen molar-refractivity contribution in [3.63, 3.8) is 0 Å². The lowest BCUT2D eigenvalue weighted by Gasteiger charge is -2.05. The zero-order valence-corrected chi connectivity index (χ0v) is 15.5. The fraction of sp³-hybridized carbons (Fsp3) is 0.0455. The number of benzene rings is 3. The molecule has 0 amide bonds. The molecule has 0 atom stereocenters. The van der Waals surface area contributed by atoms with E-state index in [1.165, 1.54) is 11.1 Å². The number of hydrogen-bond donors (Lipinski definition) is 0. The smallest absolute Gasteiger partial charge is 0.0817 e. The number of nitrogens with zero attached hydrogens (tertiary/aromatic N) is 2. The van der Waals surface area contributed by atoms with Crippen LogP contribution in [-0.2, 0) is 6.54 Å². The van der Waals surface area contributed by atoms with E-state index in [-0.39, 0.29) is 0 Å². The molecule has 26 heavy (non-hydrogen) atoms. The Balaban J connectivity index is 1.72. The summed E-state index contributed by atoms with van der Waals surface area (Å²) < 4.78 is 2.25. The third-order valence-corrected chi connectivity index (χ3v) is 4.81. The van der Waals surface area contributed by atoms with Crippen molar-refractivity contribution in [2.24, 2.45) is 4.99 Å². The summed E-state index contributed by atoms with van der Waals surface area (Å²) in [5, 5.41) is 2.31. The van der Waals surface area contributed by atoms with Gasteiger partial charge in [0.15, 0.2) is 0 Å². The fourth-order valence-corrected chi connectivity index (χ4v) is 3.47. The summed E-state index contributed by atoms with van der Waals surface area (Å²) in [7, 11) is 0. The van der Waals surface area contributed by atoms with E-state index in [0.717, 1.165) is 17.5 Å². The number of halogens is 2. The molecule has 0 bridgehead atoms. The Kier molecular flexibility index (Phi) is 4.79. The second kappa shape index (κ2) is 7.36. The highest BCUT2D eigenvalue weighted by Crippen LogP contribution is 2.28. The maximum absolute atomic E-state index is 6.22. The topological polar surface area (TPSA) is 17.3 Å². The first-order chi connectivity index (χ1) is 12.7. The zero-order valence-electron chi connectivity index (χ0n) is 13.9. The van der Waals surface area contributed by atoms with Crippen molar-refractivity contribution in [3.8, 4) is 0 Å². The van der Waals surface area contributed by atoms with Crippen molar-refractivity contribution in [1.29, 1.82) is 0 Å². The summed E-state index contributed by atoms with van der Waals surface area (Å²) in [6.07, 6.45) is 3.99. The lowest BCUT2D eigenvalue weighted by atomic mass is 10.2. The van der Waals surface area contributed by atoms with Crippen LogP contribution in [0.2, 0.25) is 10.0 Å². The summed E-state index contributed by atoms with van der Waals surface area (Å²) in [4.78, 5) is 4.56. The van der Waals surface area contributed by atoms with Crippen molar-refractivity contribution >= 4 is 46.0 Å². The van der Waals surface area contributed by atoms with E-state index in [9.17, 15) is 0 Å². The first-order valence-electron chi connectivity index (χ1n) is 8.31. The molecular formula is C22H16Cl2N2. The van der Waals surface area contributed by atoms with E-state index in [0.29, 0.717) is 15.7 Å². The molecule has 0 unspecified atom stereocenters. The second-order valence-corrected chi connectivity index (χ2v) is 6.91. The van der Waals surface area contributed by atoms with Crippen LogP contribution in [0.1, 0.15) is 11.1 Å². The highest BCUT2D eigenvalue weighted by Gasteiger charge is 2.07. The molecule has 4 rings (SSSR count). The van der Waals surface area contributed by atoms with E-state index < -0.39 is 0 Å². The highest BCUT2D eigenvalue weighted by atomic mass is 35.5. The van der Waals surface area contributed by atoms with E-state index in [4.69, 9.17) is 23.2 Å². The first-order valence-corrected chi connectivity index (χ1v) is 9.07. The molecule has 1 heterocycles. The van der Waals surface area contributed by atoms with Crippen molar-refractivity contribution in [2.75, 3.05) is 0 Å². The normalized spacial score (nSPS) is 11.5. The van der Waals surface area contributed by atoms with Crippen LogP contribution in [0.15, 0.2) is 84.0 Å². The van der Waals surface area contributed by atoms with Gasteiger partial charge in [0.25, 0.3) is 0 Å². The molecule has 0 aliphatic carbocycles. The van der Waals surface area contributed by atoms with E-state index in [2.05, 4.69) is 58.2 Å². The molecule has 0 saturated heterocycles. The molecule has 1 aromatic heterocycles. The zero-order chi connectivity index (χ0) is 17.9. The molecule has 2 nitrogen and oxygen atoms in total. The van der Waals surface area contributed by atoms with Crippen molar-refractivity contribution in [3.05, 3.63) is 100 Å². The average molecular weight is 379 g/mol. The summed E-state index contributed by atoms with van der Waals surface area (Å²) in [5.74, 6) is 0. The maximum Gasteiger partial charge on any atom is 0.0817 e. The van der Waals surface area contributed by atoms with E-state index in [1.54, 1.807) is 12.1 Å². The highest BCUT2D eigenvalue weighted by molar-refractivity contribution is 6.36. The molecule has 4 heteroatoms. The van der Waals surface area contributed by atoms with Crippen molar-refractivity contribution in [1.82, 2.24) is 4.57 Å². The molecule has 128 valence electrons. The maximum atomic E-state index is 6.22. The average Bonchev–Trinajstić information content (AvgIpc) is 3.00. The molecule has 0 spiro atoms. The van der Waals surface area contributed by atoms with Crippen LogP contribution in [0.3, 0.4) is 0 Å². The minimum Gasteiger partial charge on any atom is -0.342 e. The van der Waals surface area contributed by atoms with Gasteiger partial charge in [-0.2, -0.15) is 0 Å². The Labute approximate surface area is 162 Å². The largest absolute Gasteiger partial charge is 0.342 e. The van der Waals surface area contributed by atoms with Gasteiger partial charge >= 0.3 is 0 Å². The number of aromatic nitrogens is 1. The van der Waals surface area contributed by atoms with Crippen LogP contribution in [0.5, 0.6) is 0 Å².